The Labute approximate surface area is 107 Å². The molecular weight excluding hydrogens is 234 g/mol. The Hall–Kier alpha value is -1.75. The second-order valence-electron chi connectivity index (χ2n) is 4.81. The molecule has 0 aliphatic rings. The molecule has 0 bridgehead atoms. The monoisotopic (exact) mass is 253 g/mol. The number of carbonyl (C=O) groups is 1. The van der Waals surface area contributed by atoms with Crippen LogP contribution in [0.2, 0.25) is 0 Å². The Kier molecular flexibility index (Phi) is 4.55. The van der Waals surface area contributed by atoms with Crippen LogP contribution in [0.5, 0.6) is 5.75 Å². The lowest BCUT2D eigenvalue weighted by molar-refractivity contribution is 0.0635. The SMILES string of the molecule is COc1ccc(CO)c(NC(=O)OC(C)(C)C)c1. The maximum atomic E-state index is 11.6. The lowest BCUT2D eigenvalue weighted by Crippen LogP contribution is -2.27. The van der Waals surface area contributed by atoms with E-state index in [0.717, 1.165) is 0 Å². The van der Waals surface area contributed by atoms with E-state index >= 15 is 0 Å². The number of aliphatic hydroxyl groups excluding tert-OH is 1. The van der Waals surface area contributed by atoms with E-state index in [0.29, 0.717) is 17.0 Å². The van der Waals surface area contributed by atoms with E-state index in [2.05, 4.69) is 5.32 Å². The number of ether oxygens (including phenoxy) is 2. The molecule has 0 radical (unpaired) electrons. The summed E-state index contributed by atoms with van der Waals surface area (Å²) in [6, 6.07) is 5.03. The normalized spacial score (nSPS) is 10.9. The molecule has 0 aromatic heterocycles. The fraction of sp³-hybridized carbons (Fsp3) is 0.462. The molecule has 1 rings (SSSR count). The van der Waals surface area contributed by atoms with Gasteiger partial charge in [0.05, 0.1) is 19.4 Å². The Balaban J connectivity index is 2.85. The smallest absolute Gasteiger partial charge is 0.412 e. The molecule has 0 spiro atoms. The molecule has 0 saturated carbocycles. The Morgan fingerprint density at radius 1 is 1.39 bits per heavy atom. The molecule has 2 N–H and O–H groups in total. The largest absolute Gasteiger partial charge is 0.497 e. The first-order chi connectivity index (χ1) is 8.35. The number of anilines is 1. The van der Waals surface area contributed by atoms with Gasteiger partial charge in [0.15, 0.2) is 0 Å². The van der Waals surface area contributed by atoms with Gasteiger partial charge in [-0.3, -0.25) is 5.32 Å². The van der Waals surface area contributed by atoms with Gasteiger partial charge < -0.3 is 14.6 Å². The van der Waals surface area contributed by atoms with Gasteiger partial charge in [-0.1, -0.05) is 6.07 Å². The van der Waals surface area contributed by atoms with Gasteiger partial charge in [-0.2, -0.15) is 0 Å². The average molecular weight is 253 g/mol. The minimum Gasteiger partial charge on any atom is -0.497 e. The molecule has 0 aliphatic carbocycles. The Morgan fingerprint density at radius 2 is 2.06 bits per heavy atom. The molecule has 1 amide bonds. The van der Waals surface area contributed by atoms with Crippen molar-refractivity contribution in [1.29, 1.82) is 0 Å². The maximum Gasteiger partial charge on any atom is 0.412 e. The van der Waals surface area contributed by atoms with Gasteiger partial charge in [-0.15, -0.1) is 0 Å². The lowest BCUT2D eigenvalue weighted by atomic mass is 10.2. The number of nitrogens with one attached hydrogen (secondary N) is 1. The van der Waals surface area contributed by atoms with Crippen molar-refractivity contribution in [1.82, 2.24) is 0 Å². The van der Waals surface area contributed by atoms with Crippen molar-refractivity contribution in [3.63, 3.8) is 0 Å². The molecule has 1 aromatic rings. The van der Waals surface area contributed by atoms with Gasteiger partial charge in [0.1, 0.15) is 11.4 Å². The molecule has 0 fully saturated rings. The van der Waals surface area contributed by atoms with Gasteiger partial charge in [-0.05, 0) is 26.8 Å². The zero-order valence-electron chi connectivity index (χ0n) is 11.1. The van der Waals surface area contributed by atoms with Gasteiger partial charge >= 0.3 is 6.09 Å². The highest BCUT2D eigenvalue weighted by atomic mass is 16.6. The second-order valence-corrected chi connectivity index (χ2v) is 4.81. The van der Waals surface area contributed by atoms with Gasteiger partial charge in [-0.25, -0.2) is 4.79 Å². The minimum absolute atomic E-state index is 0.172. The van der Waals surface area contributed by atoms with Crippen LogP contribution in [0.25, 0.3) is 0 Å². The number of aliphatic hydroxyl groups is 1. The molecule has 0 atom stereocenters. The number of hydrogen-bond acceptors (Lipinski definition) is 4. The number of methoxy groups -OCH3 is 1. The van der Waals surface area contributed by atoms with E-state index in [-0.39, 0.29) is 6.61 Å². The van der Waals surface area contributed by atoms with Gasteiger partial charge in [0.25, 0.3) is 0 Å². The van der Waals surface area contributed by atoms with Crippen LogP contribution >= 0.6 is 0 Å². The second kappa shape index (κ2) is 5.73. The summed E-state index contributed by atoms with van der Waals surface area (Å²) < 4.78 is 10.2. The van der Waals surface area contributed by atoms with Crippen LogP contribution < -0.4 is 10.1 Å². The van der Waals surface area contributed by atoms with E-state index in [1.54, 1.807) is 39.0 Å². The fourth-order valence-corrected chi connectivity index (χ4v) is 1.35. The van der Waals surface area contributed by atoms with E-state index < -0.39 is 11.7 Å². The van der Waals surface area contributed by atoms with E-state index in [1.165, 1.54) is 7.11 Å². The van der Waals surface area contributed by atoms with Crippen molar-refractivity contribution < 1.29 is 19.4 Å². The summed E-state index contributed by atoms with van der Waals surface area (Å²) in [5, 5.41) is 11.8. The number of hydrogen-bond donors (Lipinski definition) is 2. The Morgan fingerprint density at radius 3 is 2.56 bits per heavy atom. The number of carbonyl (C=O) groups excluding carboxylic acids is 1. The van der Waals surface area contributed by atoms with Crippen LogP contribution in [0.3, 0.4) is 0 Å². The topological polar surface area (TPSA) is 67.8 Å². The number of amides is 1. The highest BCUT2D eigenvalue weighted by Gasteiger charge is 2.17. The summed E-state index contributed by atoms with van der Waals surface area (Å²) >= 11 is 0. The van der Waals surface area contributed by atoms with Crippen molar-refractivity contribution in [2.75, 3.05) is 12.4 Å². The van der Waals surface area contributed by atoms with Crippen molar-refractivity contribution in [3.05, 3.63) is 23.8 Å². The van der Waals surface area contributed by atoms with E-state index in [4.69, 9.17) is 9.47 Å². The summed E-state index contributed by atoms with van der Waals surface area (Å²) in [6.45, 7) is 5.18. The van der Waals surface area contributed by atoms with E-state index in [1.807, 2.05) is 0 Å². The van der Waals surface area contributed by atoms with Crippen molar-refractivity contribution in [2.45, 2.75) is 33.0 Å². The summed E-state index contributed by atoms with van der Waals surface area (Å²) in [5.41, 5.74) is 0.509. The minimum atomic E-state index is -0.567. The highest BCUT2D eigenvalue weighted by Crippen LogP contribution is 2.23. The first kappa shape index (κ1) is 14.3. The number of benzene rings is 1. The van der Waals surface area contributed by atoms with E-state index in [9.17, 15) is 9.90 Å². The summed E-state index contributed by atoms with van der Waals surface area (Å²) in [7, 11) is 1.53. The lowest BCUT2D eigenvalue weighted by Gasteiger charge is -2.20. The molecular formula is C13H19NO4. The molecule has 0 saturated heterocycles. The third kappa shape index (κ3) is 4.25. The van der Waals surface area contributed by atoms with Crippen LogP contribution in [0, 0.1) is 0 Å². The standard InChI is InChI=1S/C13H19NO4/c1-13(2,3)18-12(16)14-11-7-10(17-4)6-5-9(11)8-15/h5-7,15H,8H2,1-4H3,(H,14,16). The number of rotatable bonds is 3. The first-order valence-corrected chi connectivity index (χ1v) is 5.63. The zero-order chi connectivity index (χ0) is 13.8. The average Bonchev–Trinajstić information content (AvgIpc) is 2.26. The van der Waals surface area contributed by atoms with Gasteiger partial charge in [0, 0.05) is 11.6 Å². The highest BCUT2D eigenvalue weighted by molar-refractivity contribution is 5.86. The third-order valence-corrected chi connectivity index (χ3v) is 2.12. The molecule has 0 aliphatic heterocycles. The third-order valence-electron chi connectivity index (χ3n) is 2.12. The predicted molar refractivity (Wildman–Crippen MR) is 68.8 cm³/mol. The fourth-order valence-electron chi connectivity index (χ4n) is 1.35. The molecule has 18 heavy (non-hydrogen) atoms. The molecule has 0 heterocycles. The van der Waals surface area contributed by atoms with Crippen LogP contribution in [0.1, 0.15) is 26.3 Å². The summed E-state index contributed by atoms with van der Waals surface area (Å²) in [4.78, 5) is 11.6. The van der Waals surface area contributed by atoms with Crippen LogP contribution in [0.15, 0.2) is 18.2 Å². The first-order valence-electron chi connectivity index (χ1n) is 5.63. The van der Waals surface area contributed by atoms with Crippen molar-refractivity contribution in [3.8, 4) is 5.75 Å². The molecule has 0 unspecified atom stereocenters. The maximum absolute atomic E-state index is 11.6. The summed E-state index contributed by atoms with van der Waals surface area (Å²) in [5.74, 6) is 0.596. The molecule has 100 valence electrons. The van der Waals surface area contributed by atoms with Gasteiger partial charge in [0.2, 0.25) is 0 Å². The molecule has 1 aromatic carbocycles. The van der Waals surface area contributed by atoms with Crippen LogP contribution in [0.4, 0.5) is 10.5 Å². The van der Waals surface area contributed by atoms with Crippen LogP contribution in [-0.2, 0) is 11.3 Å². The molecule has 5 heteroatoms. The predicted octanol–water partition coefficient (Wildman–Crippen LogP) is 2.53. The molecule has 5 nitrogen and oxygen atoms in total. The summed E-state index contributed by atoms with van der Waals surface area (Å²) in [6.07, 6.45) is -0.564. The zero-order valence-corrected chi connectivity index (χ0v) is 11.1. The Bertz CT molecular complexity index is 423. The quantitative estimate of drug-likeness (QED) is 0.868. The van der Waals surface area contributed by atoms with Crippen LogP contribution in [-0.4, -0.2) is 23.9 Å². The van der Waals surface area contributed by atoms with Crippen molar-refractivity contribution >= 4 is 11.8 Å². The van der Waals surface area contributed by atoms with Crippen molar-refractivity contribution in [2.24, 2.45) is 0 Å².